The minimum absolute atomic E-state index is 0.0273. The van der Waals surface area contributed by atoms with Crippen molar-refractivity contribution < 1.29 is 4.79 Å². The standard InChI is InChI=1S/C24H25N3OS2/c1-16-10-12-19(13-11-16)26-24(29)27-21-8-5-9-22(15-21)30-18(3)23(28)25-20-7-4-6-17(2)14-20/h4-15,18H,1-3H3,(H,25,28)(H2,26,27,29). The van der Waals surface area contributed by atoms with Crippen LogP contribution in [0.1, 0.15) is 18.1 Å². The quantitative estimate of drug-likeness (QED) is 0.316. The first-order valence-corrected chi connectivity index (χ1v) is 11.0. The van der Waals surface area contributed by atoms with Crippen molar-refractivity contribution >= 4 is 52.1 Å². The lowest BCUT2D eigenvalue weighted by molar-refractivity contribution is -0.115. The highest BCUT2D eigenvalue weighted by atomic mass is 32.2. The van der Waals surface area contributed by atoms with Crippen LogP contribution in [0, 0.1) is 13.8 Å². The van der Waals surface area contributed by atoms with Gasteiger partial charge in [-0.2, -0.15) is 0 Å². The normalized spacial score (nSPS) is 11.4. The maximum absolute atomic E-state index is 12.5. The molecule has 0 spiro atoms. The lowest BCUT2D eigenvalue weighted by Gasteiger charge is -2.14. The van der Waals surface area contributed by atoms with E-state index >= 15 is 0 Å². The summed E-state index contributed by atoms with van der Waals surface area (Å²) in [4.78, 5) is 13.5. The molecule has 1 amide bonds. The number of thiocarbonyl (C=S) groups is 1. The van der Waals surface area contributed by atoms with Crippen molar-refractivity contribution in [2.24, 2.45) is 0 Å². The number of hydrogen-bond donors (Lipinski definition) is 3. The summed E-state index contributed by atoms with van der Waals surface area (Å²) < 4.78 is 0. The molecule has 0 fully saturated rings. The first-order chi connectivity index (χ1) is 14.4. The molecule has 0 saturated carbocycles. The molecule has 3 aromatic rings. The number of hydrogen-bond acceptors (Lipinski definition) is 3. The zero-order valence-corrected chi connectivity index (χ0v) is 18.9. The van der Waals surface area contributed by atoms with Crippen LogP contribution in [0.5, 0.6) is 0 Å². The summed E-state index contributed by atoms with van der Waals surface area (Å²) in [7, 11) is 0. The van der Waals surface area contributed by atoms with E-state index in [4.69, 9.17) is 12.2 Å². The van der Waals surface area contributed by atoms with Gasteiger partial charge >= 0.3 is 0 Å². The van der Waals surface area contributed by atoms with Crippen LogP contribution in [-0.4, -0.2) is 16.3 Å². The van der Waals surface area contributed by atoms with Gasteiger partial charge < -0.3 is 16.0 Å². The molecule has 154 valence electrons. The average Bonchev–Trinajstić information content (AvgIpc) is 2.70. The SMILES string of the molecule is Cc1ccc(NC(=S)Nc2cccc(SC(C)C(=O)Nc3cccc(C)c3)c2)cc1. The highest BCUT2D eigenvalue weighted by Crippen LogP contribution is 2.27. The van der Waals surface area contributed by atoms with E-state index in [1.807, 2.05) is 93.6 Å². The van der Waals surface area contributed by atoms with Crippen LogP contribution in [0.2, 0.25) is 0 Å². The van der Waals surface area contributed by atoms with Gasteiger partial charge in [-0.05, 0) is 81.0 Å². The Kier molecular flexibility index (Phi) is 7.49. The lowest BCUT2D eigenvalue weighted by atomic mass is 10.2. The maximum Gasteiger partial charge on any atom is 0.237 e. The number of thioether (sulfide) groups is 1. The van der Waals surface area contributed by atoms with Gasteiger partial charge in [-0.1, -0.05) is 35.9 Å². The van der Waals surface area contributed by atoms with E-state index in [2.05, 4.69) is 16.0 Å². The van der Waals surface area contributed by atoms with Crippen molar-refractivity contribution in [2.45, 2.75) is 30.9 Å². The molecule has 0 aliphatic heterocycles. The smallest absolute Gasteiger partial charge is 0.237 e. The van der Waals surface area contributed by atoms with E-state index in [1.54, 1.807) is 0 Å². The van der Waals surface area contributed by atoms with Gasteiger partial charge in [0.25, 0.3) is 0 Å². The molecule has 0 aliphatic carbocycles. The summed E-state index contributed by atoms with van der Waals surface area (Å²) in [5, 5.41) is 9.63. The average molecular weight is 436 g/mol. The summed E-state index contributed by atoms with van der Waals surface area (Å²) in [5.41, 5.74) is 4.93. The number of anilines is 3. The van der Waals surface area contributed by atoms with Gasteiger partial charge in [0.2, 0.25) is 5.91 Å². The fourth-order valence-corrected chi connectivity index (χ4v) is 3.96. The molecule has 1 atom stereocenters. The summed E-state index contributed by atoms with van der Waals surface area (Å²) in [6, 6.07) is 23.7. The Balaban J connectivity index is 1.57. The molecule has 3 N–H and O–H groups in total. The number of carbonyl (C=O) groups is 1. The van der Waals surface area contributed by atoms with E-state index in [9.17, 15) is 4.79 Å². The Labute approximate surface area is 187 Å². The molecule has 3 rings (SSSR count). The third kappa shape index (κ3) is 6.61. The number of rotatable bonds is 6. The van der Waals surface area contributed by atoms with Gasteiger partial charge in [0.15, 0.2) is 5.11 Å². The van der Waals surface area contributed by atoms with E-state index < -0.39 is 0 Å². The van der Waals surface area contributed by atoms with Gasteiger partial charge in [-0.3, -0.25) is 4.79 Å². The summed E-state index contributed by atoms with van der Waals surface area (Å²) >= 11 is 6.92. The Morgan fingerprint density at radius 1 is 0.800 bits per heavy atom. The Hall–Kier alpha value is -2.83. The molecule has 0 aliphatic rings. The van der Waals surface area contributed by atoms with Gasteiger partial charge in [-0.25, -0.2) is 0 Å². The van der Waals surface area contributed by atoms with Crippen LogP contribution >= 0.6 is 24.0 Å². The Morgan fingerprint density at radius 2 is 1.43 bits per heavy atom. The molecule has 3 aromatic carbocycles. The predicted octanol–water partition coefficient (Wildman–Crippen LogP) is 6.23. The van der Waals surface area contributed by atoms with E-state index in [0.717, 1.165) is 27.5 Å². The van der Waals surface area contributed by atoms with Crippen LogP contribution in [0.25, 0.3) is 0 Å². The number of nitrogens with one attached hydrogen (secondary N) is 3. The van der Waals surface area contributed by atoms with Crippen molar-refractivity contribution in [2.75, 3.05) is 16.0 Å². The molecule has 0 aromatic heterocycles. The van der Waals surface area contributed by atoms with Gasteiger partial charge in [0.1, 0.15) is 0 Å². The van der Waals surface area contributed by atoms with Crippen LogP contribution in [0.15, 0.2) is 77.7 Å². The first-order valence-electron chi connectivity index (χ1n) is 9.68. The largest absolute Gasteiger partial charge is 0.332 e. The molecule has 0 saturated heterocycles. The van der Waals surface area contributed by atoms with Crippen LogP contribution in [0.4, 0.5) is 17.1 Å². The molecule has 0 radical (unpaired) electrons. The highest BCUT2D eigenvalue weighted by Gasteiger charge is 2.15. The third-order valence-electron chi connectivity index (χ3n) is 4.37. The molecule has 30 heavy (non-hydrogen) atoms. The minimum Gasteiger partial charge on any atom is -0.332 e. The summed E-state index contributed by atoms with van der Waals surface area (Å²) in [6.45, 7) is 5.95. The second kappa shape index (κ2) is 10.3. The zero-order chi connectivity index (χ0) is 21.5. The zero-order valence-electron chi connectivity index (χ0n) is 17.2. The third-order valence-corrected chi connectivity index (χ3v) is 5.67. The van der Waals surface area contributed by atoms with Crippen molar-refractivity contribution in [3.63, 3.8) is 0 Å². The number of aryl methyl sites for hydroxylation is 2. The van der Waals surface area contributed by atoms with Crippen LogP contribution < -0.4 is 16.0 Å². The fraction of sp³-hybridized carbons (Fsp3) is 0.167. The van der Waals surface area contributed by atoms with Crippen molar-refractivity contribution in [3.05, 3.63) is 83.9 Å². The molecule has 1 unspecified atom stereocenters. The minimum atomic E-state index is -0.238. The van der Waals surface area contributed by atoms with Crippen LogP contribution in [-0.2, 0) is 4.79 Å². The van der Waals surface area contributed by atoms with Crippen LogP contribution in [0.3, 0.4) is 0 Å². The monoisotopic (exact) mass is 435 g/mol. The van der Waals surface area contributed by atoms with Crippen molar-refractivity contribution in [1.29, 1.82) is 0 Å². The van der Waals surface area contributed by atoms with Crippen molar-refractivity contribution in [3.8, 4) is 0 Å². The van der Waals surface area contributed by atoms with E-state index in [1.165, 1.54) is 17.3 Å². The number of carbonyl (C=O) groups excluding carboxylic acids is 1. The van der Waals surface area contributed by atoms with E-state index in [-0.39, 0.29) is 11.2 Å². The molecular formula is C24H25N3OS2. The van der Waals surface area contributed by atoms with Gasteiger partial charge in [0, 0.05) is 22.0 Å². The lowest BCUT2D eigenvalue weighted by Crippen LogP contribution is -2.22. The second-order valence-corrected chi connectivity index (χ2v) is 8.91. The molecule has 4 nitrogen and oxygen atoms in total. The predicted molar refractivity (Wildman–Crippen MR) is 133 cm³/mol. The Bertz CT molecular complexity index is 1030. The fourth-order valence-electron chi connectivity index (χ4n) is 2.80. The maximum atomic E-state index is 12.5. The van der Waals surface area contributed by atoms with Crippen molar-refractivity contribution in [1.82, 2.24) is 0 Å². The van der Waals surface area contributed by atoms with Gasteiger partial charge in [-0.15, -0.1) is 11.8 Å². The van der Waals surface area contributed by atoms with E-state index in [0.29, 0.717) is 5.11 Å². The molecule has 0 heterocycles. The highest BCUT2D eigenvalue weighted by molar-refractivity contribution is 8.00. The molecule has 0 bridgehead atoms. The number of amides is 1. The summed E-state index contributed by atoms with van der Waals surface area (Å²) in [6.07, 6.45) is 0. The summed E-state index contributed by atoms with van der Waals surface area (Å²) in [5.74, 6) is -0.0273. The Morgan fingerprint density at radius 3 is 2.13 bits per heavy atom. The molecule has 6 heteroatoms. The number of benzene rings is 3. The molecular weight excluding hydrogens is 410 g/mol. The topological polar surface area (TPSA) is 53.2 Å². The van der Waals surface area contributed by atoms with Gasteiger partial charge in [0.05, 0.1) is 5.25 Å². The second-order valence-electron chi connectivity index (χ2n) is 7.09. The first kappa shape index (κ1) is 21.9.